The van der Waals surface area contributed by atoms with Gasteiger partial charge in [-0.3, -0.25) is 14.4 Å². The minimum Gasteiger partial charge on any atom is -0.481 e. The number of amides is 2. The Balaban J connectivity index is 1.76. The standard InChI is InChI=1S/C19H26N2O4S/c1-2-11-6-9-13-14(10-11)26-19(17(13)18(25)20-12-7-8-12)21-15(22)4-3-5-16(23)24/h11-12H,2-10H2,1H3,(H,20,25)(H,21,22)(H,23,24). The summed E-state index contributed by atoms with van der Waals surface area (Å²) < 4.78 is 0. The Kier molecular flexibility index (Phi) is 5.96. The molecule has 1 atom stereocenters. The van der Waals surface area contributed by atoms with Crippen LogP contribution in [-0.2, 0) is 22.4 Å². The van der Waals surface area contributed by atoms with Gasteiger partial charge in [-0.2, -0.15) is 0 Å². The van der Waals surface area contributed by atoms with Gasteiger partial charge in [0, 0.05) is 23.8 Å². The van der Waals surface area contributed by atoms with Gasteiger partial charge in [0.25, 0.3) is 5.91 Å². The van der Waals surface area contributed by atoms with Crippen molar-refractivity contribution in [2.45, 2.75) is 70.8 Å². The fraction of sp³-hybridized carbons (Fsp3) is 0.632. The molecule has 0 bridgehead atoms. The minimum absolute atomic E-state index is 0.0262. The second kappa shape index (κ2) is 8.20. The smallest absolute Gasteiger partial charge is 0.303 e. The van der Waals surface area contributed by atoms with Crippen molar-refractivity contribution in [1.29, 1.82) is 0 Å². The van der Waals surface area contributed by atoms with E-state index in [1.165, 1.54) is 16.2 Å². The number of rotatable bonds is 8. The maximum absolute atomic E-state index is 12.8. The predicted octanol–water partition coefficient (Wildman–Crippen LogP) is 3.35. The molecule has 142 valence electrons. The maximum Gasteiger partial charge on any atom is 0.303 e. The minimum atomic E-state index is -0.903. The van der Waals surface area contributed by atoms with Gasteiger partial charge < -0.3 is 15.7 Å². The second-order valence-corrected chi connectivity index (χ2v) is 8.37. The Morgan fingerprint density at radius 3 is 2.62 bits per heavy atom. The summed E-state index contributed by atoms with van der Waals surface area (Å²) in [6.45, 7) is 2.19. The number of carbonyl (C=O) groups excluding carboxylic acids is 2. The van der Waals surface area contributed by atoms with E-state index >= 15 is 0 Å². The molecule has 0 aromatic carbocycles. The van der Waals surface area contributed by atoms with E-state index in [2.05, 4.69) is 17.6 Å². The Labute approximate surface area is 157 Å². The molecule has 7 heteroatoms. The van der Waals surface area contributed by atoms with E-state index in [0.717, 1.165) is 44.1 Å². The van der Waals surface area contributed by atoms with Gasteiger partial charge in [0.15, 0.2) is 0 Å². The van der Waals surface area contributed by atoms with Gasteiger partial charge in [0.05, 0.1) is 5.56 Å². The van der Waals surface area contributed by atoms with E-state index in [1.54, 1.807) is 0 Å². The molecule has 3 N–H and O–H groups in total. The Hall–Kier alpha value is -1.89. The predicted molar refractivity (Wildman–Crippen MR) is 101 cm³/mol. The third kappa shape index (κ3) is 4.63. The molecular formula is C19H26N2O4S. The van der Waals surface area contributed by atoms with Crippen molar-refractivity contribution in [3.05, 3.63) is 16.0 Å². The monoisotopic (exact) mass is 378 g/mol. The SMILES string of the molecule is CCC1CCc2c(sc(NC(=O)CCCC(=O)O)c2C(=O)NC2CC2)C1. The lowest BCUT2D eigenvalue weighted by atomic mass is 9.85. The van der Waals surface area contributed by atoms with Crippen molar-refractivity contribution in [2.75, 3.05) is 5.32 Å². The second-order valence-electron chi connectivity index (χ2n) is 7.27. The Bertz CT molecular complexity index is 709. The molecule has 26 heavy (non-hydrogen) atoms. The quantitative estimate of drug-likeness (QED) is 0.646. The van der Waals surface area contributed by atoms with Crippen LogP contribution in [0.25, 0.3) is 0 Å². The van der Waals surface area contributed by atoms with Crippen LogP contribution in [0.1, 0.15) is 72.7 Å². The molecule has 2 aliphatic rings. The van der Waals surface area contributed by atoms with E-state index in [4.69, 9.17) is 5.11 Å². The zero-order valence-electron chi connectivity index (χ0n) is 15.1. The normalized spacial score (nSPS) is 18.9. The van der Waals surface area contributed by atoms with Crippen molar-refractivity contribution in [2.24, 2.45) is 5.92 Å². The third-order valence-corrected chi connectivity index (χ3v) is 6.30. The summed E-state index contributed by atoms with van der Waals surface area (Å²) in [6, 6.07) is 0.268. The van der Waals surface area contributed by atoms with Crippen LogP contribution in [0.4, 0.5) is 5.00 Å². The molecule has 2 aliphatic carbocycles. The number of anilines is 1. The van der Waals surface area contributed by atoms with Crippen LogP contribution in [0.3, 0.4) is 0 Å². The van der Waals surface area contributed by atoms with E-state index in [9.17, 15) is 14.4 Å². The average Bonchev–Trinajstić information content (AvgIpc) is 3.32. The molecule has 2 amide bonds. The molecule has 0 spiro atoms. The summed E-state index contributed by atoms with van der Waals surface area (Å²) in [7, 11) is 0. The molecule has 3 rings (SSSR count). The van der Waals surface area contributed by atoms with E-state index in [1.807, 2.05) is 0 Å². The highest BCUT2D eigenvalue weighted by Gasteiger charge is 2.31. The summed E-state index contributed by atoms with van der Waals surface area (Å²) in [4.78, 5) is 36.8. The number of fused-ring (bicyclic) bond motifs is 1. The highest BCUT2D eigenvalue weighted by Crippen LogP contribution is 2.40. The van der Waals surface area contributed by atoms with Crippen LogP contribution in [0.2, 0.25) is 0 Å². The number of carboxylic acid groups (broad SMARTS) is 1. The van der Waals surface area contributed by atoms with Crippen molar-refractivity contribution in [1.82, 2.24) is 5.32 Å². The van der Waals surface area contributed by atoms with Crippen LogP contribution in [0.15, 0.2) is 0 Å². The highest BCUT2D eigenvalue weighted by molar-refractivity contribution is 7.17. The summed E-state index contributed by atoms with van der Waals surface area (Å²) in [5.74, 6) is -0.572. The summed E-state index contributed by atoms with van der Waals surface area (Å²) in [5.41, 5.74) is 1.73. The zero-order chi connectivity index (χ0) is 18.7. The fourth-order valence-electron chi connectivity index (χ4n) is 3.41. The topological polar surface area (TPSA) is 95.5 Å². The number of carboxylic acids is 1. The molecular weight excluding hydrogens is 352 g/mol. The molecule has 1 saturated carbocycles. The number of carbonyl (C=O) groups is 3. The van der Waals surface area contributed by atoms with Crippen molar-refractivity contribution in [3.63, 3.8) is 0 Å². The first-order valence-electron chi connectivity index (χ1n) is 9.45. The van der Waals surface area contributed by atoms with Crippen LogP contribution >= 0.6 is 11.3 Å². The molecule has 0 aliphatic heterocycles. The highest BCUT2D eigenvalue weighted by atomic mass is 32.1. The van der Waals surface area contributed by atoms with E-state index in [0.29, 0.717) is 22.9 Å². The first kappa shape index (κ1) is 18.9. The van der Waals surface area contributed by atoms with Crippen LogP contribution < -0.4 is 10.6 Å². The molecule has 0 radical (unpaired) electrons. The largest absolute Gasteiger partial charge is 0.481 e. The Morgan fingerprint density at radius 1 is 1.19 bits per heavy atom. The number of thiophene rings is 1. The fourth-order valence-corrected chi connectivity index (χ4v) is 4.78. The van der Waals surface area contributed by atoms with Crippen molar-refractivity contribution < 1.29 is 19.5 Å². The lowest BCUT2D eigenvalue weighted by molar-refractivity contribution is -0.137. The number of hydrogen-bond acceptors (Lipinski definition) is 4. The number of nitrogens with one attached hydrogen (secondary N) is 2. The van der Waals surface area contributed by atoms with Gasteiger partial charge in [-0.1, -0.05) is 13.3 Å². The van der Waals surface area contributed by atoms with Gasteiger partial charge in [0.2, 0.25) is 5.91 Å². The zero-order valence-corrected chi connectivity index (χ0v) is 15.9. The van der Waals surface area contributed by atoms with Gasteiger partial charge in [0.1, 0.15) is 5.00 Å². The maximum atomic E-state index is 12.8. The first-order chi connectivity index (χ1) is 12.5. The average molecular weight is 378 g/mol. The van der Waals surface area contributed by atoms with Crippen LogP contribution in [-0.4, -0.2) is 28.9 Å². The van der Waals surface area contributed by atoms with Gasteiger partial charge in [-0.15, -0.1) is 11.3 Å². The summed E-state index contributed by atoms with van der Waals surface area (Å²) in [6.07, 6.45) is 6.51. The number of hydrogen-bond donors (Lipinski definition) is 3. The molecule has 6 nitrogen and oxygen atoms in total. The van der Waals surface area contributed by atoms with Crippen LogP contribution in [0, 0.1) is 5.92 Å². The molecule has 1 aromatic heterocycles. The van der Waals surface area contributed by atoms with E-state index < -0.39 is 5.97 Å². The van der Waals surface area contributed by atoms with Gasteiger partial charge in [-0.25, -0.2) is 0 Å². The molecule has 1 aromatic rings. The Morgan fingerprint density at radius 2 is 1.96 bits per heavy atom. The van der Waals surface area contributed by atoms with Gasteiger partial charge >= 0.3 is 5.97 Å². The lowest BCUT2D eigenvalue weighted by Crippen LogP contribution is -2.28. The van der Waals surface area contributed by atoms with Crippen LogP contribution in [0.5, 0.6) is 0 Å². The summed E-state index contributed by atoms with van der Waals surface area (Å²) >= 11 is 1.52. The molecule has 0 saturated heterocycles. The van der Waals surface area contributed by atoms with Crippen molar-refractivity contribution in [3.8, 4) is 0 Å². The van der Waals surface area contributed by atoms with Crippen molar-refractivity contribution >= 4 is 34.1 Å². The van der Waals surface area contributed by atoms with Gasteiger partial charge in [-0.05, 0) is 50.0 Å². The molecule has 1 fully saturated rings. The number of aliphatic carboxylic acids is 1. The molecule has 1 heterocycles. The van der Waals surface area contributed by atoms with E-state index in [-0.39, 0.29) is 30.7 Å². The summed E-state index contributed by atoms with van der Waals surface area (Å²) in [5, 5.41) is 15.2. The first-order valence-corrected chi connectivity index (χ1v) is 10.3. The lowest BCUT2D eigenvalue weighted by Gasteiger charge is -2.21. The molecule has 1 unspecified atom stereocenters. The third-order valence-electron chi connectivity index (χ3n) is 5.13.